The van der Waals surface area contributed by atoms with Gasteiger partial charge in [-0.3, -0.25) is 4.98 Å². The number of nitrogens with zero attached hydrogens (tertiary/aromatic N) is 1. The lowest BCUT2D eigenvalue weighted by Gasteiger charge is -2.15. The Hall–Kier alpha value is -1.17. The van der Waals surface area contributed by atoms with Crippen molar-refractivity contribution >= 4 is 32.4 Å². The number of halogens is 1. The Kier molecular flexibility index (Phi) is 4.39. The van der Waals surface area contributed by atoms with Gasteiger partial charge in [-0.05, 0) is 18.6 Å². The molecule has 2 rings (SSSR count). The number of hydrogen-bond acceptors (Lipinski definition) is 3. The van der Waals surface area contributed by atoms with Crippen molar-refractivity contribution in [1.82, 2.24) is 9.71 Å². The molecule has 0 aliphatic rings. The Morgan fingerprint density at radius 1 is 1.37 bits per heavy atom. The third kappa shape index (κ3) is 3.05. The van der Waals surface area contributed by atoms with Gasteiger partial charge in [0.2, 0.25) is 10.0 Å². The molecule has 19 heavy (non-hydrogen) atoms. The van der Waals surface area contributed by atoms with Gasteiger partial charge in [0, 0.05) is 35.1 Å². The van der Waals surface area contributed by atoms with Crippen LogP contribution >= 0.6 is 11.6 Å². The van der Waals surface area contributed by atoms with Crippen molar-refractivity contribution in [3.63, 3.8) is 0 Å². The van der Waals surface area contributed by atoms with E-state index in [1.54, 1.807) is 30.6 Å². The van der Waals surface area contributed by atoms with Crippen LogP contribution in [0.4, 0.5) is 0 Å². The minimum absolute atomic E-state index is 0.252. The topological polar surface area (TPSA) is 59.1 Å². The molecular formula is C13H15ClN2O2S. The number of fused-ring (bicyclic) bond motifs is 1. The van der Waals surface area contributed by atoms with E-state index in [9.17, 15) is 8.42 Å². The van der Waals surface area contributed by atoms with Crippen molar-refractivity contribution in [2.24, 2.45) is 0 Å². The first-order chi connectivity index (χ1) is 9.08. The zero-order valence-corrected chi connectivity index (χ0v) is 12.1. The SMILES string of the molecule is CCC(CCl)NS(=O)(=O)c1cccc2cnccc12. The molecule has 6 heteroatoms. The molecule has 0 spiro atoms. The van der Waals surface area contributed by atoms with Crippen LogP contribution in [0.25, 0.3) is 10.8 Å². The van der Waals surface area contributed by atoms with Crippen LogP contribution in [0.3, 0.4) is 0 Å². The van der Waals surface area contributed by atoms with E-state index < -0.39 is 10.0 Å². The molecule has 102 valence electrons. The molecule has 4 nitrogen and oxygen atoms in total. The fourth-order valence-electron chi connectivity index (χ4n) is 1.83. The fraction of sp³-hybridized carbons (Fsp3) is 0.308. The van der Waals surface area contributed by atoms with Gasteiger partial charge in [0.1, 0.15) is 0 Å². The molecule has 0 saturated carbocycles. The lowest BCUT2D eigenvalue weighted by Crippen LogP contribution is -2.35. The Balaban J connectivity index is 2.49. The van der Waals surface area contributed by atoms with E-state index in [-0.39, 0.29) is 16.8 Å². The maximum Gasteiger partial charge on any atom is 0.241 e. The molecule has 0 amide bonds. The van der Waals surface area contributed by atoms with E-state index in [0.29, 0.717) is 11.8 Å². The molecule has 1 atom stereocenters. The number of hydrogen-bond donors (Lipinski definition) is 1. The van der Waals surface area contributed by atoms with Crippen LogP contribution in [0.2, 0.25) is 0 Å². The molecule has 0 radical (unpaired) electrons. The second-order valence-corrected chi connectivity index (χ2v) is 6.22. The number of rotatable bonds is 5. The molecule has 1 aromatic heterocycles. The Bertz CT molecular complexity index is 664. The summed E-state index contributed by atoms with van der Waals surface area (Å²) in [5.74, 6) is 0.252. The highest BCUT2D eigenvalue weighted by molar-refractivity contribution is 7.89. The second kappa shape index (κ2) is 5.86. The van der Waals surface area contributed by atoms with Crippen LogP contribution < -0.4 is 4.72 Å². The third-order valence-electron chi connectivity index (χ3n) is 2.93. The zero-order valence-electron chi connectivity index (χ0n) is 10.5. The van der Waals surface area contributed by atoms with Gasteiger partial charge in [-0.2, -0.15) is 0 Å². The summed E-state index contributed by atoms with van der Waals surface area (Å²) in [6.45, 7) is 1.89. The van der Waals surface area contributed by atoms with E-state index in [2.05, 4.69) is 9.71 Å². The van der Waals surface area contributed by atoms with E-state index in [1.807, 2.05) is 13.0 Å². The van der Waals surface area contributed by atoms with E-state index in [4.69, 9.17) is 11.6 Å². The zero-order chi connectivity index (χ0) is 13.9. The predicted molar refractivity (Wildman–Crippen MR) is 76.9 cm³/mol. The second-order valence-electron chi connectivity index (χ2n) is 4.23. The standard InChI is InChI=1S/C13H15ClN2O2S/c1-2-11(8-14)16-19(17,18)13-5-3-4-10-9-15-7-6-12(10)13/h3-7,9,11,16H,2,8H2,1H3. The monoisotopic (exact) mass is 298 g/mol. The normalized spacial score (nSPS) is 13.6. The van der Waals surface area contributed by atoms with Crippen LogP contribution in [-0.2, 0) is 10.0 Å². The van der Waals surface area contributed by atoms with Crippen molar-refractivity contribution in [3.8, 4) is 0 Å². The minimum atomic E-state index is -3.57. The quantitative estimate of drug-likeness (QED) is 0.863. The number of alkyl halides is 1. The van der Waals surface area contributed by atoms with Crippen LogP contribution in [0, 0.1) is 0 Å². The van der Waals surface area contributed by atoms with Gasteiger partial charge in [0.25, 0.3) is 0 Å². The van der Waals surface area contributed by atoms with Gasteiger partial charge in [0.05, 0.1) is 4.90 Å². The highest BCUT2D eigenvalue weighted by atomic mass is 35.5. The van der Waals surface area contributed by atoms with Gasteiger partial charge in [0.15, 0.2) is 0 Å². The van der Waals surface area contributed by atoms with Crippen molar-refractivity contribution in [2.45, 2.75) is 24.3 Å². The largest absolute Gasteiger partial charge is 0.264 e. The fourth-order valence-corrected chi connectivity index (χ4v) is 3.77. The molecule has 1 N–H and O–H groups in total. The molecule has 1 aromatic carbocycles. The maximum absolute atomic E-state index is 12.4. The molecular weight excluding hydrogens is 284 g/mol. The molecule has 0 aliphatic carbocycles. The van der Waals surface area contributed by atoms with E-state index >= 15 is 0 Å². The Morgan fingerprint density at radius 2 is 2.16 bits per heavy atom. The summed E-state index contributed by atoms with van der Waals surface area (Å²) in [4.78, 5) is 4.25. The van der Waals surface area contributed by atoms with Crippen molar-refractivity contribution < 1.29 is 8.42 Å². The number of benzene rings is 1. The molecule has 2 aromatic rings. The van der Waals surface area contributed by atoms with Gasteiger partial charge in [-0.1, -0.05) is 19.1 Å². The lowest BCUT2D eigenvalue weighted by molar-refractivity contribution is 0.558. The molecule has 1 unspecified atom stereocenters. The average molecular weight is 299 g/mol. The molecule has 0 bridgehead atoms. The number of sulfonamides is 1. The van der Waals surface area contributed by atoms with Crippen molar-refractivity contribution in [1.29, 1.82) is 0 Å². The van der Waals surface area contributed by atoms with E-state index in [0.717, 1.165) is 5.39 Å². The van der Waals surface area contributed by atoms with Crippen LogP contribution in [0.1, 0.15) is 13.3 Å². The van der Waals surface area contributed by atoms with E-state index in [1.165, 1.54) is 0 Å². The van der Waals surface area contributed by atoms with Gasteiger partial charge in [-0.25, -0.2) is 13.1 Å². The molecule has 0 aliphatic heterocycles. The number of pyridine rings is 1. The van der Waals surface area contributed by atoms with Gasteiger partial charge < -0.3 is 0 Å². The first-order valence-electron chi connectivity index (χ1n) is 5.99. The van der Waals surface area contributed by atoms with Crippen molar-refractivity contribution in [3.05, 3.63) is 36.7 Å². The molecule has 0 fully saturated rings. The highest BCUT2D eigenvalue weighted by Crippen LogP contribution is 2.22. The summed E-state index contributed by atoms with van der Waals surface area (Å²) in [6.07, 6.45) is 3.88. The first-order valence-corrected chi connectivity index (χ1v) is 8.01. The van der Waals surface area contributed by atoms with Gasteiger partial charge >= 0.3 is 0 Å². The number of nitrogens with one attached hydrogen (secondary N) is 1. The summed E-state index contributed by atoms with van der Waals surface area (Å²) in [5, 5.41) is 1.46. The lowest BCUT2D eigenvalue weighted by atomic mass is 10.2. The minimum Gasteiger partial charge on any atom is -0.264 e. The summed E-state index contributed by atoms with van der Waals surface area (Å²) < 4.78 is 27.4. The highest BCUT2D eigenvalue weighted by Gasteiger charge is 2.20. The summed E-state index contributed by atoms with van der Waals surface area (Å²) in [7, 11) is -3.57. The summed E-state index contributed by atoms with van der Waals surface area (Å²) in [5.41, 5.74) is 0. The molecule has 1 heterocycles. The summed E-state index contributed by atoms with van der Waals surface area (Å²) in [6, 6.07) is 6.57. The summed E-state index contributed by atoms with van der Waals surface area (Å²) >= 11 is 5.74. The molecule has 0 saturated heterocycles. The average Bonchev–Trinajstić information content (AvgIpc) is 2.44. The van der Waals surface area contributed by atoms with Crippen LogP contribution in [0.5, 0.6) is 0 Å². The Morgan fingerprint density at radius 3 is 2.84 bits per heavy atom. The van der Waals surface area contributed by atoms with Crippen LogP contribution in [-0.4, -0.2) is 25.3 Å². The van der Waals surface area contributed by atoms with Crippen LogP contribution in [0.15, 0.2) is 41.6 Å². The predicted octanol–water partition coefficient (Wildman–Crippen LogP) is 2.53. The third-order valence-corrected chi connectivity index (χ3v) is 4.88. The smallest absolute Gasteiger partial charge is 0.241 e. The van der Waals surface area contributed by atoms with Crippen molar-refractivity contribution in [2.75, 3.05) is 5.88 Å². The maximum atomic E-state index is 12.4. The number of aromatic nitrogens is 1. The van der Waals surface area contributed by atoms with Gasteiger partial charge in [-0.15, -0.1) is 11.6 Å². The Labute approximate surface area is 117 Å². The first kappa shape index (κ1) is 14.2.